The van der Waals surface area contributed by atoms with Crippen LogP contribution in [0.4, 0.5) is 11.4 Å². The monoisotopic (exact) mass is 281 g/mol. The molecule has 1 heterocycles. The molecule has 0 fully saturated rings. The van der Waals surface area contributed by atoms with E-state index in [1.54, 1.807) is 17.4 Å². The van der Waals surface area contributed by atoms with Crippen LogP contribution in [-0.4, -0.2) is 4.98 Å². The van der Waals surface area contributed by atoms with Gasteiger partial charge in [0, 0.05) is 16.1 Å². The molecule has 5 heteroatoms. The summed E-state index contributed by atoms with van der Waals surface area (Å²) >= 11 is 7.60. The van der Waals surface area contributed by atoms with Crippen molar-refractivity contribution in [2.24, 2.45) is 0 Å². The quantitative estimate of drug-likeness (QED) is 0.829. The zero-order valence-electron chi connectivity index (χ0n) is 10.4. The minimum atomic E-state index is 0.138. The predicted octanol–water partition coefficient (Wildman–Crippen LogP) is 4.11. The standard InChI is InChI=1S/C13H16ClN3S/c1-3-10-7-16-13(18-10)8(2)17-12-5-4-9(14)6-11(12)15/h4-8,17H,3,15H2,1-2H3. The summed E-state index contributed by atoms with van der Waals surface area (Å²) in [5, 5.41) is 5.07. The van der Waals surface area contributed by atoms with Crippen LogP contribution in [0.15, 0.2) is 24.4 Å². The van der Waals surface area contributed by atoms with E-state index in [-0.39, 0.29) is 6.04 Å². The van der Waals surface area contributed by atoms with Gasteiger partial charge in [-0.05, 0) is 31.5 Å². The van der Waals surface area contributed by atoms with Gasteiger partial charge >= 0.3 is 0 Å². The van der Waals surface area contributed by atoms with Crippen molar-refractivity contribution in [3.8, 4) is 0 Å². The van der Waals surface area contributed by atoms with Crippen molar-refractivity contribution in [3.05, 3.63) is 39.3 Å². The second-order valence-corrected chi connectivity index (χ2v) is 5.70. The zero-order chi connectivity index (χ0) is 13.1. The molecule has 0 spiro atoms. The first-order valence-corrected chi connectivity index (χ1v) is 7.05. The highest BCUT2D eigenvalue weighted by Crippen LogP contribution is 2.28. The van der Waals surface area contributed by atoms with Crippen molar-refractivity contribution in [2.45, 2.75) is 26.3 Å². The number of thiazole rings is 1. The fraction of sp³-hybridized carbons (Fsp3) is 0.308. The van der Waals surface area contributed by atoms with Crippen molar-refractivity contribution in [2.75, 3.05) is 11.1 Å². The van der Waals surface area contributed by atoms with E-state index < -0.39 is 0 Å². The largest absolute Gasteiger partial charge is 0.397 e. The summed E-state index contributed by atoms with van der Waals surface area (Å²) in [7, 11) is 0. The van der Waals surface area contributed by atoms with Crippen molar-refractivity contribution >= 4 is 34.3 Å². The van der Waals surface area contributed by atoms with Gasteiger partial charge in [0.25, 0.3) is 0 Å². The Hall–Kier alpha value is -1.26. The molecule has 1 aromatic carbocycles. The van der Waals surface area contributed by atoms with Gasteiger partial charge in [0.05, 0.1) is 17.4 Å². The average molecular weight is 282 g/mol. The molecule has 0 amide bonds. The maximum Gasteiger partial charge on any atom is 0.115 e. The van der Waals surface area contributed by atoms with E-state index in [1.807, 2.05) is 18.3 Å². The summed E-state index contributed by atoms with van der Waals surface area (Å²) in [6, 6.07) is 5.60. The van der Waals surface area contributed by atoms with Crippen LogP contribution >= 0.6 is 22.9 Å². The van der Waals surface area contributed by atoms with Gasteiger partial charge in [0.1, 0.15) is 5.01 Å². The van der Waals surface area contributed by atoms with Crippen molar-refractivity contribution in [1.29, 1.82) is 0 Å². The van der Waals surface area contributed by atoms with Crippen LogP contribution in [0.5, 0.6) is 0 Å². The van der Waals surface area contributed by atoms with Crippen LogP contribution in [0.2, 0.25) is 5.02 Å². The molecule has 0 saturated carbocycles. The molecule has 2 aromatic rings. The molecule has 0 bridgehead atoms. The van der Waals surface area contributed by atoms with E-state index in [9.17, 15) is 0 Å². The van der Waals surface area contributed by atoms with Gasteiger partial charge in [-0.15, -0.1) is 11.3 Å². The second kappa shape index (κ2) is 5.59. The number of nitrogens with one attached hydrogen (secondary N) is 1. The Labute approximate surface area is 116 Å². The third-order valence-electron chi connectivity index (χ3n) is 2.68. The summed E-state index contributed by atoms with van der Waals surface area (Å²) in [5.74, 6) is 0. The van der Waals surface area contributed by atoms with Gasteiger partial charge in [-0.25, -0.2) is 4.98 Å². The lowest BCUT2D eigenvalue weighted by atomic mass is 10.2. The lowest BCUT2D eigenvalue weighted by Crippen LogP contribution is -2.07. The number of aromatic nitrogens is 1. The fourth-order valence-electron chi connectivity index (χ4n) is 1.65. The lowest BCUT2D eigenvalue weighted by molar-refractivity contribution is 0.870. The molecule has 3 nitrogen and oxygen atoms in total. The van der Waals surface area contributed by atoms with E-state index in [1.165, 1.54) is 4.88 Å². The average Bonchev–Trinajstić information content (AvgIpc) is 2.81. The molecule has 0 aliphatic carbocycles. The number of anilines is 2. The summed E-state index contributed by atoms with van der Waals surface area (Å²) in [6.45, 7) is 4.21. The second-order valence-electron chi connectivity index (χ2n) is 4.12. The maximum atomic E-state index is 5.92. The Morgan fingerprint density at radius 3 is 2.89 bits per heavy atom. The number of rotatable bonds is 4. The van der Waals surface area contributed by atoms with Crippen molar-refractivity contribution in [3.63, 3.8) is 0 Å². The Bertz CT molecular complexity index is 539. The number of halogens is 1. The third kappa shape index (κ3) is 2.94. The van der Waals surface area contributed by atoms with Crippen LogP contribution in [0, 0.1) is 0 Å². The van der Waals surface area contributed by atoms with E-state index in [0.29, 0.717) is 10.7 Å². The highest BCUT2D eigenvalue weighted by atomic mass is 35.5. The van der Waals surface area contributed by atoms with Crippen molar-refractivity contribution in [1.82, 2.24) is 4.98 Å². The highest BCUT2D eigenvalue weighted by molar-refractivity contribution is 7.11. The van der Waals surface area contributed by atoms with Crippen LogP contribution in [0.3, 0.4) is 0 Å². The van der Waals surface area contributed by atoms with Gasteiger partial charge < -0.3 is 11.1 Å². The maximum absolute atomic E-state index is 5.92. The van der Waals surface area contributed by atoms with E-state index in [0.717, 1.165) is 17.1 Å². The van der Waals surface area contributed by atoms with Crippen molar-refractivity contribution < 1.29 is 0 Å². The normalized spacial score (nSPS) is 12.4. The van der Waals surface area contributed by atoms with Gasteiger partial charge in [-0.1, -0.05) is 18.5 Å². The molecular weight excluding hydrogens is 266 g/mol. The van der Waals surface area contributed by atoms with Gasteiger partial charge in [-0.2, -0.15) is 0 Å². The molecule has 0 aliphatic heterocycles. The Morgan fingerprint density at radius 1 is 1.50 bits per heavy atom. The molecule has 3 N–H and O–H groups in total. The van der Waals surface area contributed by atoms with E-state index in [2.05, 4.69) is 24.1 Å². The molecule has 1 atom stereocenters. The first-order valence-electron chi connectivity index (χ1n) is 5.86. The Kier molecular flexibility index (Phi) is 4.09. The van der Waals surface area contributed by atoms with Crippen LogP contribution in [-0.2, 0) is 6.42 Å². The molecule has 0 radical (unpaired) electrons. The lowest BCUT2D eigenvalue weighted by Gasteiger charge is -2.14. The molecule has 2 rings (SSSR count). The van der Waals surface area contributed by atoms with Gasteiger partial charge in [-0.3, -0.25) is 0 Å². The number of nitrogen functional groups attached to an aromatic ring is 1. The number of hydrogen-bond donors (Lipinski definition) is 2. The topological polar surface area (TPSA) is 50.9 Å². The molecule has 1 unspecified atom stereocenters. The molecule has 96 valence electrons. The third-order valence-corrected chi connectivity index (χ3v) is 4.24. The van der Waals surface area contributed by atoms with Crippen LogP contribution < -0.4 is 11.1 Å². The molecule has 0 saturated heterocycles. The van der Waals surface area contributed by atoms with Crippen LogP contribution in [0.25, 0.3) is 0 Å². The smallest absolute Gasteiger partial charge is 0.115 e. The molecule has 1 aromatic heterocycles. The Morgan fingerprint density at radius 2 is 2.28 bits per heavy atom. The number of benzene rings is 1. The predicted molar refractivity (Wildman–Crippen MR) is 79.4 cm³/mol. The number of nitrogens with zero attached hydrogens (tertiary/aromatic N) is 1. The Balaban J connectivity index is 2.13. The van der Waals surface area contributed by atoms with E-state index in [4.69, 9.17) is 17.3 Å². The van der Waals surface area contributed by atoms with E-state index >= 15 is 0 Å². The highest BCUT2D eigenvalue weighted by Gasteiger charge is 2.11. The summed E-state index contributed by atoms with van der Waals surface area (Å²) < 4.78 is 0. The summed E-state index contributed by atoms with van der Waals surface area (Å²) in [6.07, 6.45) is 2.96. The summed E-state index contributed by atoms with van der Waals surface area (Å²) in [4.78, 5) is 5.71. The number of hydrogen-bond acceptors (Lipinski definition) is 4. The number of nitrogens with two attached hydrogens (primary N) is 1. The van der Waals surface area contributed by atoms with Crippen LogP contribution in [0.1, 0.15) is 29.8 Å². The minimum Gasteiger partial charge on any atom is -0.397 e. The first-order chi connectivity index (χ1) is 8.60. The zero-order valence-corrected chi connectivity index (χ0v) is 12.0. The number of aryl methyl sites for hydroxylation is 1. The fourth-order valence-corrected chi connectivity index (χ4v) is 2.69. The molecule has 18 heavy (non-hydrogen) atoms. The van der Waals surface area contributed by atoms with Gasteiger partial charge in [0.2, 0.25) is 0 Å². The molecule has 0 aliphatic rings. The minimum absolute atomic E-state index is 0.138. The first kappa shape index (κ1) is 13.2. The van der Waals surface area contributed by atoms with Gasteiger partial charge in [0.15, 0.2) is 0 Å². The SMILES string of the molecule is CCc1cnc(C(C)Nc2ccc(Cl)cc2N)s1. The summed E-state index contributed by atoms with van der Waals surface area (Å²) in [5.41, 5.74) is 7.46. The molecular formula is C13H16ClN3S.